The molecule has 0 saturated carbocycles. The summed E-state index contributed by atoms with van der Waals surface area (Å²) in [5.74, 6) is 1.70. The summed E-state index contributed by atoms with van der Waals surface area (Å²) in [6, 6.07) is 6.55. The van der Waals surface area contributed by atoms with E-state index in [9.17, 15) is 0 Å². The van der Waals surface area contributed by atoms with Gasteiger partial charge in [0.25, 0.3) is 0 Å². The zero-order valence-corrected chi connectivity index (χ0v) is 13.3. The van der Waals surface area contributed by atoms with Gasteiger partial charge in [0, 0.05) is 18.9 Å². The van der Waals surface area contributed by atoms with Gasteiger partial charge in [-0.25, -0.2) is 4.99 Å². The third-order valence-corrected chi connectivity index (χ3v) is 4.89. The van der Waals surface area contributed by atoms with Crippen LogP contribution in [0.5, 0.6) is 0 Å². The van der Waals surface area contributed by atoms with E-state index >= 15 is 0 Å². The van der Waals surface area contributed by atoms with Gasteiger partial charge in [-0.15, -0.1) is 0 Å². The second-order valence-corrected chi connectivity index (χ2v) is 6.46. The van der Waals surface area contributed by atoms with Gasteiger partial charge in [0.05, 0.1) is 5.69 Å². The third-order valence-electron chi connectivity index (χ3n) is 4.89. The first kappa shape index (κ1) is 13.6. The first-order valence-electron chi connectivity index (χ1n) is 7.81. The number of aliphatic imine (C=N–C) groups is 1. The maximum Gasteiger partial charge on any atom is 0.180 e. The summed E-state index contributed by atoms with van der Waals surface area (Å²) < 4.78 is 11.0. The molecule has 1 aliphatic carbocycles. The standard InChI is InChI=1S/C18H20N2O2/c1-11-17(12(2)22-20-11)15-6-4-5-14-7-8-18(9-16(14)15)10-21-13(3)19-18/h4-6H,7-10H2,1-3H3. The summed E-state index contributed by atoms with van der Waals surface area (Å²) >= 11 is 0. The molecule has 22 heavy (non-hydrogen) atoms. The smallest absolute Gasteiger partial charge is 0.180 e. The number of ether oxygens (including phenoxy) is 1. The number of benzene rings is 1. The number of fused-ring (bicyclic) bond motifs is 1. The minimum atomic E-state index is -0.0772. The highest BCUT2D eigenvalue weighted by Gasteiger charge is 2.39. The fourth-order valence-electron chi connectivity index (χ4n) is 3.82. The van der Waals surface area contributed by atoms with Crippen molar-refractivity contribution in [2.45, 2.75) is 45.6 Å². The zero-order chi connectivity index (χ0) is 15.3. The summed E-state index contributed by atoms with van der Waals surface area (Å²) in [7, 11) is 0. The van der Waals surface area contributed by atoms with Gasteiger partial charge in [0.2, 0.25) is 0 Å². The Balaban J connectivity index is 1.85. The largest absolute Gasteiger partial charge is 0.479 e. The van der Waals surface area contributed by atoms with Crippen LogP contribution in [-0.4, -0.2) is 23.2 Å². The van der Waals surface area contributed by atoms with Crippen molar-refractivity contribution < 1.29 is 9.26 Å². The van der Waals surface area contributed by atoms with E-state index in [2.05, 4.69) is 23.4 Å². The summed E-state index contributed by atoms with van der Waals surface area (Å²) in [5, 5.41) is 4.12. The molecule has 1 unspecified atom stereocenters. The Morgan fingerprint density at radius 3 is 2.73 bits per heavy atom. The molecule has 1 atom stereocenters. The molecule has 4 rings (SSSR count). The number of aromatic nitrogens is 1. The predicted molar refractivity (Wildman–Crippen MR) is 85.2 cm³/mol. The second-order valence-electron chi connectivity index (χ2n) is 6.46. The molecule has 1 aromatic heterocycles. The molecule has 114 valence electrons. The molecule has 0 saturated heterocycles. The van der Waals surface area contributed by atoms with Gasteiger partial charge >= 0.3 is 0 Å². The third kappa shape index (κ3) is 1.97. The lowest BCUT2D eigenvalue weighted by Crippen LogP contribution is -2.35. The van der Waals surface area contributed by atoms with E-state index in [1.807, 2.05) is 20.8 Å². The number of hydrogen-bond acceptors (Lipinski definition) is 4. The topological polar surface area (TPSA) is 47.6 Å². The Kier molecular flexibility index (Phi) is 2.90. The van der Waals surface area contributed by atoms with E-state index in [4.69, 9.17) is 14.3 Å². The molecule has 1 spiro atoms. The molecule has 0 N–H and O–H groups in total. The Labute approximate surface area is 130 Å². The maximum absolute atomic E-state index is 5.66. The average Bonchev–Trinajstić information content (AvgIpc) is 3.02. The van der Waals surface area contributed by atoms with Gasteiger partial charge in [-0.3, -0.25) is 0 Å². The molecule has 1 aliphatic heterocycles. The number of hydrogen-bond donors (Lipinski definition) is 0. The van der Waals surface area contributed by atoms with E-state index in [1.54, 1.807) is 0 Å². The zero-order valence-electron chi connectivity index (χ0n) is 13.3. The molecule has 0 bridgehead atoms. The average molecular weight is 296 g/mol. The molecule has 1 aromatic carbocycles. The summed E-state index contributed by atoms with van der Waals surface area (Å²) in [5.41, 5.74) is 6.05. The summed E-state index contributed by atoms with van der Waals surface area (Å²) in [4.78, 5) is 4.80. The van der Waals surface area contributed by atoms with Gasteiger partial charge in [-0.2, -0.15) is 0 Å². The molecule has 2 heterocycles. The Morgan fingerprint density at radius 2 is 2.05 bits per heavy atom. The van der Waals surface area contributed by atoms with Crippen molar-refractivity contribution in [3.05, 3.63) is 40.8 Å². The maximum atomic E-state index is 5.66. The van der Waals surface area contributed by atoms with Crippen molar-refractivity contribution in [3.63, 3.8) is 0 Å². The van der Waals surface area contributed by atoms with Gasteiger partial charge in [0.1, 0.15) is 17.9 Å². The van der Waals surface area contributed by atoms with E-state index in [0.717, 1.165) is 42.2 Å². The Hall–Kier alpha value is -2.10. The van der Waals surface area contributed by atoms with Crippen molar-refractivity contribution in [3.8, 4) is 11.1 Å². The van der Waals surface area contributed by atoms with Crippen LogP contribution < -0.4 is 0 Å². The van der Waals surface area contributed by atoms with Crippen LogP contribution in [0.3, 0.4) is 0 Å². The van der Waals surface area contributed by atoms with Gasteiger partial charge in [0.15, 0.2) is 5.90 Å². The summed E-state index contributed by atoms with van der Waals surface area (Å²) in [6.07, 6.45) is 3.04. The quantitative estimate of drug-likeness (QED) is 0.807. The van der Waals surface area contributed by atoms with Crippen molar-refractivity contribution in [1.29, 1.82) is 0 Å². The van der Waals surface area contributed by atoms with Gasteiger partial charge < -0.3 is 9.26 Å². The van der Waals surface area contributed by atoms with Crippen LogP contribution in [0, 0.1) is 13.8 Å². The van der Waals surface area contributed by atoms with Crippen LogP contribution in [-0.2, 0) is 17.6 Å². The number of rotatable bonds is 1. The first-order chi connectivity index (χ1) is 10.6. The minimum absolute atomic E-state index is 0.0772. The molecule has 2 aliphatic rings. The molecular weight excluding hydrogens is 276 g/mol. The van der Waals surface area contributed by atoms with Crippen molar-refractivity contribution in [1.82, 2.24) is 5.16 Å². The molecule has 0 amide bonds. The lowest BCUT2D eigenvalue weighted by atomic mass is 9.76. The highest BCUT2D eigenvalue weighted by Crippen LogP contribution is 2.40. The van der Waals surface area contributed by atoms with Crippen molar-refractivity contribution in [2.24, 2.45) is 4.99 Å². The highest BCUT2D eigenvalue weighted by molar-refractivity contribution is 5.76. The Morgan fingerprint density at radius 1 is 1.18 bits per heavy atom. The predicted octanol–water partition coefficient (Wildman–Crippen LogP) is 3.63. The van der Waals surface area contributed by atoms with Crippen LogP contribution in [0.2, 0.25) is 0 Å². The number of nitrogens with zero attached hydrogens (tertiary/aromatic N) is 2. The first-order valence-corrected chi connectivity index (χ1v) is 7.81. The van der Waals surface area contributed by atoms with Crippen LogP contribution in [0.15, 0.2) is 27.7 Å². The van der Waals surface area contributed by atoms with Gasteiger partial charge in [-0.05, 0) is 43.4 Å². The Bertz CT molecular complexity index is 756. The summed E-state index contributed by atoms with van der Waals surface area (Å²) in [6.45, 7) is 6.64. The highest BCUT2D eigenvalue weighted by atomic mass is 16.5. The van der Waals surface area contributed by atoms with Crippen LogP contribution in [0.25, 0.3) is 11.1 Å². The van der Waals surface area contributed by atoms with Crippen LogP contribution >= 0.6 is 0 Å². The second kappa shape index (κ2) is 4.70. The van der Waals surface area contributed by atoms with E-state index in [1.165, 1.54) is 16.7 Å². The normalized spacial score (nSPS) is 23.3. The van der Waals surface area contributed by atoms with Gasteiger partial charge in [-0.1, -0.05) is 23.4 Å². The SMILES string of the molecule is CC1=NC2(CCc3cccc(-c4c(C)noc4C)c3C2)CO1. The molecule has 4 nitrogen and oxygen atoms in total. The van der Waals surface area contributed by atoms with E-state index in [-0.39, 0.29) is 5.54 Å². The number of aryl methyl sites for hydroxylation is 3. The fraction of sp³-hybridized carbons (Fsp3) is 0.444. The molecule has 2 aromatic rings. The van der Waals surface area contributed by atoms with Crippen molar-refractivity contribution >= 4 is 5.90 Å². The van der Waals surface area contributed by atoms with E-state index in [0.29, 0.717) is 6.61 Å². The van der Waals surface area contributed by atoms with Crippen LogP contribution in [0.4, 0.5) is 0 Å². The van der Waals surface area contributed by atoms with Crippen molar-refractivity contribution in [2.75, 3.05) is 6.61 Å². The molecular formula is C18H20N2O2. The molecule has 4 heteroatoms. The minimum Gasteiger partial charge on any atom is -0.479 e. The fourth-order valence-corrected chi connectivity index (χ4v) is 3.82. The molecule has 0 fully saturated rings. The van der Waals surface area contributed by atoms with Crippen LogP contribution in [0.1, 0.15) is 35.9 Å². The lowest BCUT2D eigenvalue weighted by Gasteiger charge is -2.32. The monoisotopic (exact) mass is 296 g/mol. The lowest BCUT2D eigenvalue weighted by molar-refractivity contribution is 0.236. The van der Waals surface area contributed by atoms with E-state index < -0.39 is 0 Å². The molecule has 0 radical (unpaired) electrons.